The zero-order chi connectivity index (χ0) is 13.8. The van der Waals surface area contributed by atoms with Gasteiger partial charge < -0.3 is 19.9 Å². The van der Waals surface area contributed by atoms with Crippen molar-refractivity contribution in [2.45, 2.75) is 25.4 Å². The molecule has 104 valence electrons. The Hall–Kier alpha value is -1.82. The summed E-state index contributed by atoms with van der Waals surface area (Å²) in [5.74, 6) is -0.0837. The molecule has 2 rings (SSSR count). The number of nitrogens with zero attached hydrogens (tertiary/aromatic N) is 2. The van der Waals surface area contributed by atoms with Crippen molar-refractivity contribution < 1.29 is 9.53 Å². The van der Waals surface area contributed by atoms with Gasteiger partial charge in [0.2, 0.25) is 5.91 Å². The van der Waals surface area contributed by atoms with Gasteiger partial charge in [0.1, 0.15) is 6.54 Å². The molecule has 0 saturated carbocycles. The van der Waals surface area contributed by atoms with E-state index < -0.39 is 0 Å². The van der Waals surface area contributed by atoms with Crippen LogP contribution in [0.15, 0.2) is 23.1 Å². The van der Waals surface area contributed by atoms with Crippen LogP contribution in [-0.4, -0.2) is 41.7 Å². The first-order valence-electron chi connectivity index (χ1n) is 6.37. The minimum atomic E-state index is -0.220. The van der Waals surface area contributed by atoms with Crippen LogP contribution in [0.2, 0.25) is 0 Å². The van der Waals surface area contributed by atoms with E-state index in [-0.39, 0.29) is 24.1 Å². The molecule has 1 aromatic heterocycles. The molecular formula is C13H19N3O3. The van der Waals surface area contributed by atoms with Gasteiger partial charge in [-0.1, -0.05) is 0 Å². The molecule has 1 aliphatic rings. The van der Waals surface area contributed by atoms with Crippen molar-refractivity contribution in [2.75, 3.05) is 26.0 Å². The molecule has 6 heteroatoms. The van der Waals surface area contributed by atoms with Gasteiger partial charge in [-0.05, 0) is 18.9 Å². The SMILES string of the molecule is CN(C(=O)Cn1cc(N)ccc1=O)C1CCOCC1. The average Bonchev–Trinajstić information content (AvgIpc) is 2.43. The third-order valence-electron chi connectivity index (χ3n) is 3.44. The smallest absolute Gasteiger partial charge is 0.251 e. The van der Waals surface area contributed by atoms with Crippen LogP contribution in [0.5, 0.6) is 0 Å². The first-order valence-corrected chi connectivity index (χ1v) is 6.37. The largest absolute Gasteiger partial charge is 0.398 e. The number of carbonyl (C=O) groups excluding carboxylic acids is 1. The molecule has 0 atom stereocenters. The molecule has 1 aliphatic heterocycles. The van der Waals surface area contributed by atoms with Crippen LogP contribution in [0, 0.1) is 0 Å². The summed E-state index contributed by atoms with van der Waals surface area (Å²) in [6.07, 6.45) is 3.18. The van der Waals surface area contributed by atoms with Gasteiger partial charge in [-0.2, -0.15) is 0 Å². The average molecular weight is 265 g/mol. The van der Waals surface area contributed by atoms with Gasteiger partial charge in [0.05, 0.1) is 0 Å². The summed E-state index contributed by atoms with van der Waals surface area (Å²) >= 11 is 0. The number of rotatable bonds is 3. The van der Waals surface area contributed by atoms with Gasteiger partial charge in [-0.15, -0.1) is 0 Å². The van der Waals surface area contributed by atoms with Crippen LogP contribution in [-0.2, 0) is 16.1 Å². The van der Waals surface area contributed by atoms with Crippen molar-refractivity contribution >= 4 is 11.6 Å². The van der Waals surface area contributed by atoms with Crippen LogP contribution >= 0.6 is 0 Å². The van der Waals surface area contributed by atoms with Gasteiger partial charge in [-0.3, -0.25) is 9.59 Å². The van der Waals surface area contributed by atoms with E-state index in [1.807, 2.05) is 0 Å². The van der Waals surface area contributed by atoms with E-state index in [0.717, 1.165) is 12.8 Å². The number of ether oxygens (including phenoxy) is 1. The highest BCUT2D eigenvalue weighted by Gasteiger charge is 2.22. The third-order valence-corrected chi connectivity index (χ3v) is 3.44. The van der Waals surface area contributed by atoms with E-state index in [0.29, 0.717) is 18.9 Å². The maximum Gasteiger partial charge on any atom is 0.251 e. The molecule has 1 fully saturated rings. The maximum atomic E-state index is 12.2. The van der Waals surface area contributed by atoms with Crippen LogP contribution in [0.1, 0.15) is 12.8 Å². The van der Waals surface area contributed by atoms with Gasteiger partial charge in [0, 0.05) is 44.3 Å². The number of likely N-dealkylation sites (N-methyl/N-ethyl adjacent to an activating group) is 1. The number of anilines is 1. The highest BCUT2D eigenvalue weighted by molar-refractivity contribution is 5.76. The Morgan fingerprint density at radius 2 is 2.16 bits per heavy atom. The van der Waals surface area contributed by atoms with Gasteiger partial charge in [-0.25, -0.2) is 0 Å². The summed E-state index contributed by atoms with van der Waals surface area (Å²) < 4.78 is 6.61. The Balaban J connectivity index is 2.03. The molecule has 0 bridgehead atoms. The minimum Gasteiger partial charge on any atom is -0.398 e. The quantitative estimate of drug-likeness (QED) is 0.839. The molecule has 1 aromatic rings. The number of amides is 1. The summed E-state index contributed by atoms with van der Waals surface area (Å²) in [7, 11) is 1.77. The molecule has 0 aromatic carbocycles. The molecular weight excluding hydrogens is 246 g/mol. The molecule has 1 amide bonds. The van der Waals surface area contributed by atoms with Crippen molar-refractivity contribution in [3.8, 4) is 0 Å². The Morgan fingerprint density at radius 3 is 2.84 bits per heavy atom. The molecule has 19 heavy (non-hydrogen) atoms. The van der Waals surface area contributed by atoms with Crippen molar-refractivity contribution in [3.63, 3.8) is 0 Å². The van der Waals surface area contributed by atoms with E-state index in [2.05, 4.69) is 0 Å². The zero-order valence-electron chi connectivity index (χ0n) is 11.0. The normalized spacial score (nSPS) is 16.3. The number of nitrogen functional groups attached to an aromatic ring is 1. The number of pyridine rings is 1. The lowest BCUT2D eigenvalue weighted by molar-refractivity contribution is -0.134. The summed E-state index contributed by atoms with van der Waals surface area (Å²) in [5.41, 5.74) is 5.87. The van der Waals surface area contributed by atoms with Crippen molar-refractivity contribution in [1.29, 1.82) is 0 Å². The topological polar surface area (TPSA) is 77.6 Å². The number of hydrogen-bond donors (Lipinski definition) is 1. The molecule has 0 spiro atoms. The van der Waals surface area contributed by atoms with Crippen LogP contribution in [0.25, 0.3) is 0 Å². The molecule has 2 heterocycles. The zero-order valence-corrected chi connectivity index (χ0v) is 11.0. The third kappa shape index (κ3) is 3.35. The molecule has 2 N–H and O–H groups in total. The number of nitrogens with two attached hydrogens (primary N) is 1. The predicted octanol–water partition coefficient (Wildman–Crippen LogP) is 0.0679. The number of hydrogen-bond acceptors (Lipinski definition) is 4. The summed E-state index contributed by atoms with van der Waals surface area (Å²) in [5, 5.41) is 0. The Bertz CT molecular complexity index is 506. The fraction of sp³-hybridized carbons (Fsp3) is 0.538. The minimum absolute atomic E-state index is 0.0255. The predicted molar refractivity (Wildman–Crippen MR) is 71.7 cm³/mol. The summed E-state index contributed by atoms with van der Waals surface area (Å²) in [6.45, 7) is 1.39. The van der Waals surface area contributed by atoms with E-state index in [1.165, 1.54) is 22.9 Å². The first kappa shape index (κ1) is 13.6. The Kier molecular flexibility index (Phi) is 4.21. The van der Waals surface area contributed by atoms with E-state index in [9.17, 15) is 9.59 Å². The fourth-order valence-corrected chi connectivity index (χ4v) is 2.21. The highest BCUT2D eigenvalue weighted by Crippen LogP contribution is 2.13. The second kappa shape index (κ2) is 5.88. The maximum absolute atomic E-state index is 12.2. The van der Waals surface area contributed by atoms with Crippen LogP contribution < -0.4 is 11.3 Å². The lowest BCUT2D eigenvalue weighted by atomic mass is 10.1. The van der Waals surface area contributed by atoms with Gasteiger partial charge in [0.15, 0.2) is 0 Å². The lowest BCUT2D eigenvalue weighted by Gasteiger charge is -2.31. The number of carbonyl (C=O) groups is 1. The summed E-state index contributed by atoms with van der Waals surface area (Å²) in [6, 6.07) is 3.10. The molecule has 0 radical (unpaired) electrons. The van der Waals surface area contributed by atoms with E-state index in [1.54, 1.807) is 11.9 Å². The van der Waals surface area contributed by atoms with E-state index in [4.69, 9.17) is 10.5 Å². The standard InChI is InChI=1S/C13H19N3O3/c1-15(11-4-6-19-7-5-11)13(18)9-16-8-10(14)2-3-12(16)17/h2-3,8,11H,4-7,9,14H2,1H3. The lowest BCUT2D eigenvalue weighted by Crippen LogP contribution is -2.43. The summed E-state index contributed by atoms with van der Waals surface area (Å²) in [4.78, 5) is 25.5. The fourth-order valence-electron chi connectivity index (χ4n) is 2.21. The van der Waals surface area contributed by atoms with Crippen LogP contribution in [0.4, 0.5) is 5.69 Å². The second-order valence-corrected chi connectivity index (χ2v) is 4.78. The molecule has 6 nitrogen and oxygen atoms in total. The van der Waals surface area contributed by atoms with Gasteiger partial charge in [0.25, 0.3) is 5.56 Å². The van der Waals surface area contributed by atoms with Crippen molar-refractivity contribution in [2.24, 2.45) is 0 Å². The van der Waals surface area contributed by atoms with Crippen molar-refractivity contribution in [1.82, 2.24) is 9.47 Å². The van der Waals surface area contributed by atoms with Crippen LogP contribution in [0.3, 0.4) is 0 Å². The monoisotopic (exact) mass is 265 g/mol. The Morgan fingerprint density at radius 1 is 1.47 bits per heavy atom. The molecule has 0 aliphatic carbocycles. The first-order chi connectivity index (χ1) is 9.08. The Labute approximate surface area is 111 Å². The molecule has 0 unspecified atom stereocenters. The second-order valence-electron chi connectivity index (χ2n) is 4.78. The number of aromatic nitrogens is 1. The van der Waals surface area contributed by atoms with E-state index >= 15 is 0 Å². The highest BCUT2D eigenvalue weighted by atomic mass is 16.5. The molecule has 1 saturated heterocycles. The van der Waals surface area contributed by atoms with Gasteiger partial charge >= 0.3 is 0 Å². The van der Waals surface area contributed by atoms with Crippen molar-refractivity contribution in [3.05, 3.63) is 28.7 Å².